The average Bonchev–Trinajstić information content (AvgIpc) is 3.20. The maximum atomic E-state index is 13.1. The fraction of sp³-hybridized carbons (Fsp3) is 0.600. The zero-order valence-electron chi connectivity index (χ0n) is 15.6. The van der Waals surface area contributed by atoms with Crippen LogP contribution in [0.3, 0.4) is 0 Å². The van der Waals surface area contributed by atoms with Crippen molar-refractivity contribution in [2.45, 2.75) is 68.4 Å². The van der Waals surface area contributed by atoms with Crippen LogP contribution in [-0.4, -0.2) is 32.4 Å². The molecule has 2 aromatic rings. The average molecular weight is 374 g/mol. The molecule has 1 amide bonds. The number of carbonyl (C=O) groups excluding carboxylic acids is 1. The van der Waals surface area contributed by atoms with Gasteiger partial charge in [0.1, 0.15) is 5.76 Å². The van der Waals surface area contributed by atoms with Gasteiger partial charge in [0.05, 0.1) is 5.75 Å². The molecule has 6 heteroatoms. The van der Waals surface area contributed by atoms with Crippen LogP contribution < -0.4 is 0 Å². The van der Waals surface area contributed by atoms with Crippen LogP contribution in [-0.2, 0) is 12.8 Å². The van der Waals surface area contributed by atoms with Crippen molar-refractivity contribution >= 4 is 17.7 Å². The quantitative estimate of drug-likeness (QED) is 0.700. The van der Waals surface area contributed by atoms with Gasteiger partial charge in [-0.25, -0.2) is 4.98 Å². The standard InChI is InChI=1S/C20H27N3O2S/c1-14-3-5-15(6-4-14)23(16-7-8-16)19(24)18-10-9-17(25-18)13-26-20-21-11-12-22(20)2/h9-12,14-16H,3-8,13H2,1-2H3. The highest BCUT2D eigenvalue weighted by atomic mass is 32.2. The Labute approximate surface area is 159 Å². The van der Waals surface area contributed by atoms with Gasteiger partial charge in [0.25, 0.3) is 5.91 Å². The lowest BCUT2D eigenvalue weighted by molar-refractivity contribution is 0.0559. The van der Waals surface area contributed by atoms with Crippen molar-refractivity contribution < 1.29 is 9.21 Å². The summed E-state index contributed by atoms with van der Waals surface area (Å²) >= 11 is 1.62. The second kappa shape index (κ2) is 7.51. The van der Waals surface area contributed by atoms with Crippen LogP contribution in [0.25, 0.3) is 0 Å². The molecule has 0 aromatic carbocycles. The van der Waals surface area contributed by atoms with Gasteiger partial charge in [0.15, 0.2) is 10.9 Å². The van der Waals surface area contributed by atoms with Crippen LogP contribution in [0.5, 0.6) is 0 Å². The Morgan fingerprint density at radius 2 is 1.92 bits per heavy atom. The van der Waals surface area contributed by atoms with Crippen molar-refractivity contribution in [1.82, 2.24) is 14.5 Å². The molecule has 2 aliphatic carbocycles. The first-order chi connectivity index (χ1) is 12.6. The number of furan rings is 1. The zero-order valence-corrected chi connectivity index (χ0v) is 16.4. The number of amides is 1. The van der Waals surface area contributed by atoms with Gasteiger partial charge in [0, 0.05) is 31.5 Å². The molecule has 140 valence electrons. The van der Waals surface area contributed by atoms with E-state index in [-0.39, 0.29) is 5.91 Å². The molecule has 0 aliphatic heterocycles. The highest BCUT2D eigenvalue weighted by Crippen LogP contribution is 2.36. The van der Waals surface area contributed by atoms with E-state index in [2.05, 4.69) is 16.8 Å². The Bertz CT molecular complexity index is 757. The summed E-state index contributed by atoms with van der Waals surface area (Å²) in [7, 11) is 1.98. The Balaban J connectivity index is 1.42. The van der Waals surface area contributed by atoms with Gasteiger partial charge in [-0.05, 0) is 56.6 Å². The minimum atomic E-state index is 0.0836. The van der Waals surface area contributed by atoms with Crippen LogP contribution in [0, 0.1) is 5.92 Å². The number of imidazole rings is 1. The third-order valence-electron chi connectivity index (χ3n) is 5.55. The molecule has 0 spiro atoms. The van der Waals surface area contributed by atoms with E-state index in [0.717, 1.165) is 42.5 Å². The van der Waals surface area contributed by atoms with Crippen molar-refractivity contribution in [2.24, 2.45) is 13.0 Å². The molecule has 2 aromatic heterocycles. The van der Waals surface area contributed by atoms with Gasteiger partial charge in [-0.1, -0.05) is 18.7 Å². The number of carbonyl (C=O) groups is 1. The maximum absolute atomic E-state index is 13.1. The molecule has 2 aliphatic rings. The molecular formula is C20H27N3O2S. The Kier molecular flexibility index (Phi) is 5.11. The zero-order chi connectivity index (χ0) is 18.1. The summed E-state index contributed by atoms with van der Waals surface area (Å²) in [6.07, 6.45) is 10.7. The van der Waals surface area contributed by atoms with Gasteiger partial charge in [-0.2, -0.15) is 0 Å². The monoisotopic (exact) mass is 373 g/mol. The van der Waals surface area contributed by atoms with Gasteiger partial charge in [-0.15, -0.1) is 0 Å². The second-order valence-electron chi connectivity index (χ2n) is 7.73. The first-order valence-corrected chi connectivity index (χ1v) is 10.6. The Morgan fingerprint density at radius 1 is 1.23 bits per heavy atom. The number of thioether (sulfide) groups is 1. The minimum absolute atomic E-state index is 0.0836. The molecule has 2 fully saturated rings. The fourth-order valence-corrected chi connectivity index (χ4v) is 4.65. The Hall–Kier alpha value is -1.69. The highest BCUT2D eigenvalue weighted by Gasteiger charge is 2.39. The van der Waals surface area contributed by atoms with Crippen molar-refractivity contribution in [2.75, 3.05) is 0 Å². The molecule has 2 heterocycles. The molecular weight excluding hydrogens is 346 g/mol. The smallest absolute Gasteiger partial charge is 0.290 e. The van der Waals surface area contributed by atoms with E-state index in [1.165, 1.54) is 12.8 Å². The van der Waals surface area contributed by atoms with E-state index in [9.17, 15) is 4.79 Å². The predicted molar refractivity (Wildman–Crippen MR) is 102 cm³/mol. The van der Waals surface area contributed by atoms with Crippen LogP contribution >= 0.6 is 11.8 Å². The molecule has 0 N–H and O–H groups in total. The summed E-state index contributed by atoms with van der Waals surface area (Å²) in [5, 5.41) is 0.949. The van der Waals surface area contributed by atoms with E-state index in [1.807, 2.05) is 29.9 Å². The van der Waals surface area contributed by atoms with Gasteiger partial charge < -0.3 is 13.9 Å². The summed E-state index contributed by atoms with van der Waals surface area (Å²) in [6.45, 7) is 2.32. The number of hydrogen-bond donors (Lipinski definition) is 0. The lowest BCUT2D eigenvalue weighted by atomic mass is 9.86. The van der Waals surface area contributed by atoms with E-state index in [0.29, 0.717) is 23.6 Å². The van der Waals surface area contributed by atoms with Crippen LogP contribution in [0.1, 0.15) is 61.8 Å². The summed E-state index contributed by atoms with van der Waals surface area (Å²) in [4.78, 5) is 19.6. The number of hydrogen-bond acceptors (Lipinski definition) is 4. The van der Waals surface area contributed by atoms with E-state index in [4.69, 9.17) is 4.42 Å². The third kappa shape index (κ3) is 3.85. The molecule has 26 heavy (non-hydrogen) atoms. The van der Waals surface area contributed by atoms with Crippen LogP contribution in [0.4, 0.5) is 0 Å². The lowest BCUT2D eigenvalue weighted by Gasteiger charge is -2.36. The predicted octanol–water partition coefficient (Wildman–Crippen LogP) is 4.49. The Morgan fingerprint density at radius 3 is 2.54 bits per heavy atom. The first-order valence-electron chi connectivity index (χ1n) is 9.63. The number of aromatic nitrogens is 2. The van der Waals surface area contributed by atoms with Crippen molar-refractivity contribution in [3.8, 4) is 0 Å². The van der Waals surface area contributed by atoms with Gasteiger partial charge >= 0.3 is 0 Å². The van der Waals surface area contributed by atoms with E-state index < -0.39 is 0 Å². The van der Waals surface area contributed by atoms with Gasteiger partial charge in [-0.3, -0.25) is 4.79 Å². The molecule has 0 unspecified atom stereocenters. The largest absolute Gasteiger partial charge is 0.455 e. The summed E-state index contributed by atoms with van der Waals surface area (Å²) in [6, 6.07) is 4.59. The number of aryl methyl sites for hydroxylation is 1. The van der Waals surface area contributed by atoms with Gasteiger partial charge in [0.2, 0.25) is 0 Å². The maximum Gasteiger partial charge on any atom is 0.290 e. The fourth-order valence-electron chi connectivity index (χ4n) is 3.83. The van der Waals surface area contributed by atoms with Crippen LogP contribution in [0.15, 0.2) is 34.1 Å². The molecule has 0 bridgehead atoms. The topological polar surface area (TPSA) is 51.3 Å². The lowest BCUT2D eigenvalue weighted by Crippen LogP contribution is -2.43. The SMILES string of the molecule is CC1CCC(N(C(=O)c2ccc(CSc3nccn3C)o2)C2CC2)CC1. The summed E-state index contributed by atoms with van der Waals surface area (Å²) < 4.78 is 7.89. The molecule has 0 atom stereocenters. The molecule has 0 radical (unpaired) electrons. The number of rotatable bonds is 6. The molecule has 2 saturated carbocycles. The van der Waals surface area contributed by atoms with Crippen molar-refractivity contribution in [1.29, 1.82) is 0 Å². The minimum Gasteiger partial charge on any atom is -0.455 e. The van der Waals surface area contributed by atoms with Crippen molar-refractivity contribution in [3.05, 3.63) is 36.0 Å². The third-order valence-corrected chi connectivity index (χ3v) is 6.63. The molecule has 0 saturated heterocycles. The normalized spacial score (nSPS) is 23.2. The van der Waals surface area contributed by atoms with E-state index >= 15 is 0 Å². The molecule has 4 rings (SSSR count). The highest BCUT2D eigenvalue weighted by molar-refractivity contribution is 7.98. The summed E-state index contributed by atoms with van der Waals surface area (Å²) in [5.74, 6) is 2.88. The summed E-state index contributed by atoms with van der Waals surface area (Å²) in [5.41, 5.74) is 0. The number of nitrogens with zero attached hydrogens (tertiary/aromatic N) is 3. The van der Waals surface area contributed by atoms with Crippen LogP contribution in [0.2, 0.25) is 0 Å². The second-order valence-corrected chi connectivity index (χ2v) is 8.68. The first kappa shape index (κ1) is 17.7. The van der Waals surface area contributed by atoms with Crippen molar-refractivity contribution in [3.63, 3.8) is 0 Å². The molecule has 5 nitrogen and oxygen atoms in total. The van der Waals surface area contributed by atoms with E-state index in [1.54, 1.807) is 18.0 Å².